The summed E-state index contributed by atoms with van der Waals surface area (Å²) in [5.41, 5.74) is -1.08. The number of hydrogen-bond acceptors (Lipinski definition) is 6. The first kappa shape index (κ1) is 29.8. The van der Waals surface area contributed by atoms with E-state index in [0.717, 1.165) is 57.8 Å². The Hall–Kier alpha value is -2.19. The number of amides is 2. The quantitative estimate of drug-likeness (QED) is 0.202. The molecule has 2 amide bonds. The van der Waals surface area contributed by atoms with E-state index in [2.05, 4.69) is 13.2 Å². The highest BCUT2D eigenvalue weighted by Crippen LogP contribution is 2.59. The summed E-state index contributed by atoms with van der Waals surface area (Å²) in [6, 6.07) is -1.33. The van der Waals surface area contributed by atoms with Crippen molar-refractivity contribution in [3.05, 3.63) is 25.3 Å². The van der Waals surface area contributed by atoms with Gasteiger partial charge in [-0.3, -0.25) is 14.4 Å². The molecular formula is C31H48N2O6. The van der Waals surface area contributed by atoms with Crippen LogP contribution >= 0.6 is 0 Å². The number of rotatable bonds is 14. The van der Waals surface area contributed by atoms with Gasteiger partial charge in [0.25, 0.3) is 0 Å². The van der Waals surface area contributed by atoms with Crippen molar-refractivity contribution in [2.24, 2.45) is 17.8 Å². The lowest BCUT2D eigenvalue weighted by molar-refractivity contribution is -0.158. The highest BCUT2D eigenvalue weighted by molar-refractivity contribution is 5.98. The van der Waals surface area contributed by atoms with Crippen molar-refractivity contribution >= 4 is 17.8 Å². The largest absolute Gasteiger partial charge is 0.465 e. The summed E-state index contributed by atoms with van der Waals surface area (Å²) in [5.74, 6) is -2.35. The van der Waals surface area contributed by atoms with Gasteiger partial charge in [0.1, 0.15) is 11.6 Å². The molecule has 39 heavy (non-hydrogen) atoms. The van der Waals surface area contributed by atoms with Gasteiger partial charge in [0.2, 0.25) is 11.8 Å². The minimum absolute atomic E-state index is 0.0283. The lowest BCUT2D eigenvalue weighted by Crippen LogP contribution is -2.61. The Morgan fingerprint density at radius 3 is 2.59 bits per heavy atom. The molecule has 218 valence electrons. The molecule has 0 aromatic heterocycles. The van der Waals surface area contributed by atoms with E-state index in [1.54, 1.807) is 11.0 Å². The molecule has 4 aliphatic rings. The Morgan fingerprint density at radius 1 is 1.21 bits per heavy atom. The number of esters is 1. The summed E-state index contributed by atoms with van der Waals surface area (Å²) in [6.45, 7) is 12.1. The predicted octanol–water partition coefficient (Wildman–Crippen LogP) is 4.01. The zero-order valence-corrected chi connectivity index (χ0v) is 23.9. The molecule has 2 unspecified atom stereocenters. The van der Waals surface area contributed by atoms with E-state index >= 15 is 0 Å². The van der Waals surface area contributed by atoms with Crippen molar-refractivity contribution in [3.8, 4) is 0 Å². The van der Waals surface area contributed by atoms with Crippen molar-refractivity contribution in [3.63, 3.8) is 0 Å². The monoisotopic (exact) mass is 544 g/mol. The van der Waals surface area contributed by atoms with Crippen molar-refractivity contribution in [1.82, 2.24) is 9.80 Å². The minimum atomic E-state index is -1.08. The topological polar surface area (TPSA) is 96.4 Å². The molecule has 2 bridgehead atoms. The molecule has 8 heteroatoms. The molecule has 0 aromatic carbocycles. The summed E-state index contributed by atoms with van der Waals surface area (Å²) in [6.07, 6.45) is 12.7. The van der Waals surface area contributed by atoms with Gasteiger partial charge in [-0.15, -0.1) is 13.2 Å². The van der Waals surface area contributed by atoms with Crippen LogP contribution in [0.15, 0.2) is 25.3 Å². The van der Waals surface area contributed by atoms with Gasteiger partial charge in [-0.1, -0.05) is 51.7 Å². The second-order valence-corrected chi connectivity index (χ2v) is 12.0. The number of fused-ring (bicyclic) bond motifs is 1. The van der Waals surface area contributed by atoms with Crippen LogP contribution in [0.4, 0.5) is 0 Å². The molecule has 3 saturated heterocycles. The standard InChI is InChI=1S/C31H48N2O6/c1-5-8-9-13-19-38-30(37)25-24-16-17-31(39-24)26(25)28(35)33(23(20-34)21(4)7-3)27(31)29(36)32(18-6-2)22-14-11-10-12-15-22/h5-6,21-27,34H,1-2,7-20H2,3-4H3/t21-,23-,24+,25-,26-,27?,31?/m0/s1. The van der Waals surface area contributed by atoms with E-state index in [1.807, 2.05) is 24.8 Å². The highest BCUT2D eigenvalue weighted by Gasteiger charge is 2.76. The molecule has 1 saturated carbocycles. The van der Waals surface area contributed by atoms with Gasteiger partial charge in [-0.25, -0.2) is 0 Å². The van der Waals surface area contributed by atoms with E-state index in [0.29, 0.717) is 19.4 Å². The average molecular weight is 545 g/mol. The molecule has 8 nitrogen and oxygen atoms in total. The van der Waals surface area contributed by atoms with Crippen LogP contribution in [0.25, 0.3) is 0 Å². The number of likely N-dealkylation sites (tertiary alicyclic amines) is 1. The number of carbonyl (C=O) groups is 3. The second kappa shape index (κ2) is 13.0. The third-order valence-electron chi connectivity index (χ3n) is 9.76. The number of nitrogens with zero attached hydrogens (tertiary/aromatic N) is 2. The molecule has 0 aromatic rings. The van der Waals surface area contributed by atoms with Crippen molar-refractivity contribution in [2.75, 3.05) is 19.8 Å². The maximum absolute atomic E-state index is 14.6. The number of allylic oxidation sites excluding steroid dienone is 1. The van der Waals surface area contributed by atoms with Gasteiger partial charge in [0, 0.05) is 12.6 Å². The van der Waals surface area contributed by atoms with Crippen LogP contribution < -0.4 is 0 Å². The van der Waals surface area contributed by atoms with Gasteiger partial charge in [0.15, 0.2) is 0 Å². The molecule has 3 aliphatic heterocycles. The Balaban J connectivity index is 1.68. The summed E-state index contributed by atoms with van der Waals surface area (Å²) < 4.78 is 12.3. The molecule has 0 radical (unpaired) electrons. The zero-order valence-electron chi connectivity index (χ0n) is 23.9. The molecule has 1 aliphatic carbocycles. The highest BCUT2D eigenvalue weighted by atomic mass is 16.6. The number of unbranched alkanes of at least 4 members (excludes halogenated alkanes) is 2. The maximum Gasteiger partial charge on any atom is 0.312 e. The summed E-state index contributed by atoms with van der Waals surface area (Å²) in [7, 11) is 0. The third kappa shape index (κ3) is 5.43. The number of aliphatic hydroxyl groups is 1. The molecule has 4 rings (SSSR count). The number of carbonyl (C=O) groups excluding carboxylic acids is 3. The van der Waals surface area contributed by atoms with E-state index in [1.165, 1.54) is 0 Å². The number of hydrogen-bond donors (Lipinski definition) is 1. The molecule has 7 atom stereocenters. The third-order valence-corrected chi connectivity index (χ3v) is 9.76. The molecule has 1 N–H and O–H groups in total. The van der Waals surface area contributed by atoms with Crippen LogP contribution in [0.3, 0.4) is 0 Å². The van der Waals surface area contributed by atoms with Crippen LogP contribution in [0.2, 0.25) is 0 Å². The number of aliphatic hydroxyl groups excluding tert-OH is 1. The van der Waals surface area contributed by atoms with Crippen molar-refractivity contribution < 1.29 is 29.0 Å². The van der Waals surface area contributed by atoms with Crippen LogP contribution in [0, 0.1) is 17.8 Å². The van der Waals surface area contributed by atoms with Crippen LogP contribution in [-0.2, 0) is 23.9 Å². The SMILES string of the molecule is C=CCCCCOC(=O)[C@@H]1[C@H]2C(=O)N([C@@H](CO)[C@@H](C)CC)C(C(=O)N(CC=C)C3CCCCC3)C23CC[C@H]1O3. The fourth-order valence-electron chi connectivity index (χ4n) is 7.58. The van der Waals surface area contributed by atoms with Crippen LogP contribution in [0.1, 0.15) is 84.5 Å². The fraction of sp³-hybridized carbons (Fsp3) is 0.774. The van der Waals surface area contributed by atoms with Gasteiger partial charge in [-0.2, -0.15) is 0 Å². The lowest BCUT2D eigenvalue weighted by atomic mass is 9.70. The van der Waals surface area contributed by atoms with Crippen LogP contribution in [-0.4, -0.2) is 82.3 Å². The van der Waals surface area contributed by atoms with E-state index < -0.39 is 41.6 Å². The summed E-state index contributed by atoms with van der Waals surface area (Å²) >= 11 is 0. The van der Waals surface area contributed by atoms with Gasteiger partial charge >= 0.3 is 5.97 Å². The normalized spacial score (nSPS) is 31.6. The molecular weight excluding hydrogens is 496 g/mol. The van der Waals surface area contributed by atoms with Gasteiger partial charge in [0.05, 0.1) is 37.2 Å². The first-order valence-electron chi connectivity index (χ1n) is 15.2. The maximum atomic E-state index is 14.6. The second-order valence-electron chi connectivity index (χ2n) is 12.0. The van der Waals surface area contributed by atoms with Gasteiger partial charge in [-0.05, 0) is 50.9 Å². The average Bonchev–Trinajstić information content (AvgIpc) is 3.59. The smallest absolute Gasteiger partial charge is 0.312 e. The van der Waals surface area contributed by atoms with Gasteiger partial charge < -0.3 is 24.4 Å². The zero-order chi connectivity index (χ0) is 28.2. The Bertz CT molecular complexity index is 917. The molecule has 1 spiro atoms. The number of ether oxygens (including phenoxy) is 2. The minimum Gasteiger partial charge on any atom is -0.465 e. The van der Waals surface area contributed by atoms with Crippen molar-refractivity contribution in [1.29, 1.82) is 0 Å². The van der Waals surface area contributed by atoms with E-state index in [-0.39, 0.29) is 37.0 Å². The Kier molecular flexibility index (Phi) is 9.92. The molecule has 3 heterocycles. The summed E-state index contributed by atoms with van der Waals surface area (Å²) in [4.78, 5) is 45.8. The fourth-order valence-corrected chi connectivity index (χ4v) is 7.58. The van der Waals surface area contributed by atoms with E-state index in [4.69, 9.17) is 9.47 Å². The predicted molar refractivity (Wildman–Crippen MR) is 149 cm³/mol. The lowest BCUT2D eigenvalue weighted by Gasteiger charge is -2.43. The summed E-state index contributed by atoms with van der Waals surface area (Å²) in [5, 5.41) is 10.5. The van der Waals surface area contributed by atoms with Crippen LogP contribution in [0.5, 0.6) is 0 Å². The van der Waals surface area contributed by atoms with E-state index in [9.17, 15) is 19.5 Å². The Labute approximate surface area is 233 Å². The first-order chi connectivity index (χ1) is 18.9. The Morgan fingerprint density at radius 2 is 1.95 bits per heavy atom. The van der Waals surface area contributed by atoms with Crippen molar-refractivity contribution in [2.45, 2.75) is 114 Å². The first-order valence-corrected chi connectivity index (χ1v) is 15.2. The molecule has 4 fully saturated rings.